The van der Waals surface area contributed by atoms with Gasteiger partial charge in [-0.1, -0.05) is 48.5 Å². The number of aromatic nitrogens is 1. The molecule has 1 aliphatic carbocycles. The second kappa shape index (κ2) is 11.0. The van der Waals surface area contributed by atoms with Gasteiger partial charge >= 0.3 is 5.97 Å². The highest BCUT2D eigenvalue weighted by Crippen LogP contribution is 2.37. The zero-order chi connectivity index (χ0) is 25.8. The first kappa shape index (κ1) is 24.7. The molecule has 0 saturated carbocycles. The lowest BCUT2D eigenvalue weighted by molar-refractivity contribution is -0.137. The molecule has 1 aliphatic rings. The van der Waals surface area contributed by atoms with E-state index in [1.807, 2.05) is 79.7 Å². The van der Waals surface area contributed by atoms with E-state index >= 15 is 0 Å². The Labute approximate surface area is 220 Å². The van der Waals surface area contributed by atoms with E-state index < -0.39 is 5.97 Å². The molecule has 0 saturated heterocycles. The monoisotopic (exact) mass is 512 g/mol. The Kier molecular flexibility index (Phi) is 7.32. The molecule has 0 radical (unpaired) electrons. The van der Waals surface area contributed by atoms with Crippen LogP contribution < -0.4 is 10.1 Å². The van der Waals surface area contributed by atoms with Gasteiger partial charge < -0.3 is 9.84 Å². The zero-order valence-electron chi connectivity index (χ0n) is 20.6. The minimum absolute atomic E-state index is 0.0923. The number of carbonyl (C=O) groups excluding carboxylic acids is 1. The van der Waals surface area contributed by atoms with Gasteiger partial charge in [0, 0.05) is 16.9 Å². The Morgan fingerprint density at radius 3 is 2.57 bits per heavy atom. The number of hydrogen-bond donors (Lipinski definition) is 2. The van der Waals surface area contributed by atoms with Gasteiger partial charge in [0.2, 0.25) is 0 Å². The summed E-state index contributed by atoms with van der Waals surface area (Å²) in [6, 6.07) is 23.6. The van der Waals surface area contributed by atoms with E-state index in [1.165, 1.54) is 16.9 Å². The minimum atomic E-state index is -0.756. The number of nitrogens with one attached hydrogen (secondary N) is 1. The maximum atomic E-state index is 12.8. The van der Waals surface area contributed by atoms with E-state index in [2.05, 4.69) is 10.3 Å². The largest absolute Gasteiger partial charge is 0.493 e. The Balaban J connectivity index is 1.15. The summed E-state index contributed by atoms with van der Waals surface area (Å²) in [5, 5.41) is 12.6. The molecule has 2 N–H and O–H groups in total. The molecule has 1 atom stereocenters. The fraction of sp³-hybridized carbons (Fsp3) is 0.233. The van der Waals surface area contributed by atoms with Crippen LogP contribution in [0.4, 0.5) is 5.13 Å². The molecule has 0 aliphatic heterocycles. The molecule has 5 rings (SSSR count). The topological polar surface area (TPSA) is 88.5 Å². The van der Waals surface area contributed by atoms with Crippen molar-refractivity contribution in [2.45, 2.75) is 38.5 Å². The third kappa shape index (κ3) is 5.89. The van der Waals surface area contributed by atoms with Crippen LogP contribution in [0.2, 0.25) is 0 Å². The molecule has 4 aromatic rings. The number of rotatable bonds is 9. The molecule has 1 aromatic heterocycles. The average Bonchev–Trinajstić information content (AvgIpc) is 3.46. The fourth-order valence-corrected chi connectivity index (χ4v) is 5.64. The van der Waals surface area contributed by atoms with Crippen LogP contribution >= 0.6 is 11.3 Å². The fourth-order valence-electron chi connectivity index (χ4n) is 4.79. The van der Waals surface area contributed by atoms with Crippen LogP contribution in [0.3, 0.4) is 0 Å². The lowest BCUT2D eigenvalue weighted by atomic mass is 9.98. The molecule has 0 bridgehead atoms. The van der Waals surface area contributed by atoms with E-state index in [0.29, 0.717) is 23.7 Å². The molecule has 1 amide bonds. The lowest BCUT2D eigenvalue weighted by Crippen LogP contribution is -2.11. The molecular weight excluding hydrogens is 484 g/mol. The first-order valence-electron chi connectivity index (χ1n) is 12.4. The van der Waals surface area contributed by atoms with Crippen LogP contribution in [0.15, 0.2) is 72.8 Å². The van der Waals surface area contributed by atoms with Gasteiger partial charge in [0.05, 0.1) is 18.7 Å². The summed E-state index contributed by atoms with van der Waals surface area (Å²) in [4.78, 5) is 29.5. The van der Waals surface area contributed by atoms with E-state index in [4.69, 9.17) is 9.84 Å². The highest BCUT2D eigenvalue weighted by molar-refractivity contribution is 7.15. The Morgan fingerprint density at radius 1 is 1.05 bits per heavy atom. The van der Waals surface area contributed by atoms with Crippen LogP contribution in [0.1, 0.15) is 50.8 Å². The van der Waals surface area contributed by atoms with Crippen molar-refractivity contribution in [3.63, 3.8) is 0 Å². The van der Waals surface area contributed by atoms with Gasteiger partial charge in [-0.25, -0.2) is 4.98 Å². The summed E-state index contributed by atoms with van der Waals surface area (Å²) in [5.74, 6) is -0.0615. The third-order valence-electron chi connectivity index (χ3n) is 6.71. The zero-order valence-corrected chi connectivity index (χ0v) is 21.4. The van der Waals surface area contributed by atoms with Crippen molar-refractivity contribution in [1.82, 2.24) is 4.98 Å². The normalized spacial score (nSPS) is 14.2. The second-order valence-electron chi connectivity index (χ2n) is 9.21. The van der Waals surface area contributed by atoms with Gasteiger partial charge in [-0.05, 0) is 72.2 Å². The second-order valence-corrected chi connectivity index (χ2v) is 10.4. The smallest absolute Gasteiger partial charge is 0.303 e. The molecule has 3 aromatic carbocycles. The van der Waals surface area contributed by atoms with Crippen LogP contribution in [-0.4, -0.2) is 28.6 Å². The number of amides is 1. The van der Waals surface area contributed by atoms with Gasteiger partial charge in [-0.15, -0.1) is 11.3 Å². The quantitative estimate of drug-likeness (QED) is 0.267. The lowest BCUT2D eigenvalue weighted by Gasteiger charge is -2.10. The van der Waals surface area contributed by atoms with Crippen molar-refractivity contribution in [3.8, 4) is 16.9 Å². The molecule has 0 spiro atoms. The number of carbonyl (C=O) groups is 2. The minimum Gasteiger partial charge on any atom is -0.493 e. The number of ether oxygens (including phenoxy) is 1. The molecule has 7 heteroatoms. The van der Waals surface area contributed by atoms with E-state index in [-0.39, 0.29) is 18.2 Å². The number of fused-ring (bicyclic) bond motifs is 1. The highest BCUT2D eigenvalue weighted by Gasteiger charge is 2.25. The molecule has 0 unspecified atom stereocenters. The number of carboxylic acid groups (broad SMARTS) is 1. The van der Waals surface area contributed by atoms with Gasteiger partial charge in [0.15, 0.2) is 5.13 Å². The molecule has 0 fully saturated rings. The predicted octanol–water partition coefficient (Wildman–Crippen LogP) is 6.50. The Hall–Kier alpha value is -3.97. The maximum absolute atomic E-state index is 12.8. The number of benzene rings is 3. The predicted molar refractivity (Wildman–Crippen MR) is 146 cm³/mol. The number of nitrogens with zero attached hydrogens (tertiary/aromatic N) is 1. The average molecular weight is 513 g/mol. The number of aryl methyl sites for hydroxylation is 2. The van der Waals surface area contributed by atoms with Crippen molar-refractivity contribution < 1.29 is 19.4 Å². The molecule has 37 heavy (non-hydrogen) atoms. The summed E-state index contributed by atoms with van der Waals surface area (Å²) in [6.45, 7) is 2.46. The van der Waals surface area contributed by atoms with Crippen LogP contribution in [0.5, 0.6) is 5.75 Å². The van der Waals surface area contributed by atoms with E-state index in [9.17, 15) is 9.59 Å². The molecular formula is C30H28N2O4S. The highest BCUT2D eigenvalue weighted by atomic mass is 32.1. The molecule has 1 heterocycles. The Morgan fingerprint density at radius 2 is 1.81 bits per heavy atom. The number of hydrogen-bond acceptors (Lipinski definition) is 5. The van der Waals surface area contributed by atoms with Gasteiger partial charge in [-0.3, -0.25) is 14.9 Å². The summed E-state index contributed by atoms with van der Waals surface area (Å²) in [5.41, 5.74) is 5.96. The number of aliphatic carboxylic acids is 1. The summed E-state index contributed by atoms with van der Waals surface area (Å²) in [6.07, 6.45) is 2.55. The number of thiazole rings is 1. The first-order chi connectivity index (χ1) is 18.0. The van der Waals surface area contributed by atoms with Crippen molar-refractivity contribution in [3.05, 3.63) is 100 Å². The summed E-state index contributed by atoms with van der Waals surface area (Å²) >= 11 is 1.46. The summed E-state index contributed by atoms with van der Waals surface area (Å²) in [7, 11) is 0. The van der Waals surface area contributed by atoms with E-state index in [0.717, 1.165) is 45.9 Å². The molecule has 6 nitrogen and oxygen atoms in total. The molecule has 188 valence electrons. The van der Waals surface area contributed by atoms with Crippen molar-refractivity contribution in [2.24, 2.45) is 0 Å². The number of anilines is 1. The van der Waals surface area contributed by atoms with Gasteiger partial charge in [0.1, 0.15) is 5.75 Å². The summed E-state index contributed by atoms with van der Waals surface area (Å²) < 4.78 is 5.97. The van der Waals surface area contributed by atoms with Crippen molar-refractivity contribution in [2.75, 3.05) is 11.9 Å². The first-order valence-corrected chi connectivity index (χ1v) is 13.2. The third-order valence-corrected chi connectivity index (χ3v) is 7.64. The maximum Gasteiger partial charge on any atom is 0.303 e. The van der Waals surface area contributed by atoms with Gasteiger partial charge in [-0.2, -0.15) is 0 Å². The van der Waals surface area contributed by atoms with Crippen LogP contribution in [-0.2, 0) is 17.6 Å². The Bertz CT molecular complexity index is 1410. The van der Waals surface area contributed by atoms with Crippen LogP contribution in [0.25, 0.3) is 11.1 Å². The number of carboxylic acids is 1. The standard InChI is InChI=1S/C30H28N2O4S/c1-19-27(15-16-36-25-13-14-26-23(17-25)11-12-24(26)18-28(33)34)31-30(37-19)32-29(35)22-9-7-21(8-10-22)20-5-3-2-4-6-20/h2-10,13-14,17,24H,11-12,15-16,18H2,1H3,(H,33,34)(H,31,32,35)/t24-/m0/s1. The van der Waals surface area contributed by atoms with Crippen molar-refractivity contribution in [1.29, 1.82) is 0 Å². The SMILES string of the molecule is Cc1sc(NC(=O)c2ccc(-c3ccccc3)cc2)nc1CCOc1ccc2c(c1)CC[C@H]2CC(=O)O. The van der Waals surface area contributed by atoms with Gasteiger partial charge in [0.25, 0.3) is 5.91 Å². The van der Waals surface area contributed by atoms with Crippen LogP contribution in [0, 0.1) is 6.92 Å². The van der Waals surface area contributed by atoms with E-state index in [1.54, 1.807) is 0 Å². The van der Waals surface area contributed by atoms with Crippen molar-refractivity contribution >= 4 is 28.3 Å².